The molecule has 0 bridgehead atoms. The van der Waals surface area contributed by atoms with Crippen molar-refractivity contribution in [2.75, 3.05) is 0 Å². The monoisotopic (exact) mass is 293 g/mol. The molecular formula is C15H19NO5. The lowest BCUT2D eigenvalue weighted by Crippen LogP contribution is -2.30. The predicted octanol–water partition coefficient (Wildman–Crippen LogP) is 3.24. The van der Waals surface area contributed by atoms with Crippen LogP contribution in [0.4, 0.5) is 0 Å². The molecule has 1 unspecified atom stereocenters. The van der Waals surface area contributed by atoms with Gasteiger partial charge in [0.1, 0.15) is 5.69 Å². The molecule has 6 heteroatoms. The molecule has 0 aliphatic heterocycles. The Bertz CT molecular complexity index is 618. The van der Waals surface area contributed by atoms with Crippen LogP contribution in [0.25, 0.3) is 11.1 Å². The molecule has 0 spiro atoms. The van der Waals surface area contributed by atoms with Gasteiger partial charge in [0.2, 0.25) is 6.29 Å². The Morgan fingerprint density at radius 3 is 2.62 bits per heavy atom. The number of H-pyrrole nitrogens is 1. The number of carbonyl (C=O) groups is 2. The zero-order valence-corrected chi connectivity index (χ0v) is 12.6. The van der Waals surface area contributed by atoms with Gasteiger partial charge in [-0.3, -0.25) is 4.79 Å². The van der Waals surface area contributed by atoms with Gasteiger partial charge in [0.25, 0.3) is 0 Å². The normalized spacial score (nSPS) is 13.1. The maximum atomic E-state index is 12.0. The highest BCUT2D eigenvalue weighted by Crippen LogP contribution is 2.20. The number of hydrogen-bond donors (Lipinski definition) is 1. The molecule has 2 aromatic rings. The van der Waals surface area contributed by atoms with Crippen LogP contribution in [0.2, 0.25) is 0 Å². The van der Waals surface area contributed by atoms with Crippen LogP contribution in [-0.2, 0) is 14.3 Å². The second kappa shape index (κ2) is 5.63. The lowest BCUT2D eigenvalue weighted by Gasteiger charge is -2.22. The van der Waals surface area contributed by atoms with Crippen LogP contribution in [0.3, 0.4) is 0 Å². The third-order valence-electron chi connectivity index (χ3n) is 2.88. The minimum Gasteiger partial charge on any atom is -0.463 e. The van der Waals surface area contributed by atoms with E-state index in [0.717, 1.165) is 0 Å². The highest BCUT2D eigenvalue weighted by molar-refractivity contribution is 5.93. The molecule has 1 atom stereocenters. The third-order valence-corrected chi connectivity index (χ3v) is 2.88. The average Bonchev–Trinajstić information content (AvgIpc) is 2.96. The summed E-state index contributed by atoms with van der Waals surface area (Å²) in [4.78, 5) is 26.7. The molecule has 0 saturated heterocycles. The first-order chi connectivity index (χ1) is 9.81. The predicted molar refractivity (Wildman–Crippen MR) is 75.6 cm³/mol. The van der Waals surface area contributed by atoms with Gasteiger partial charge in [-0.15, -0.1) is 0 Å². The van der Waals surface area contributed by atoms with Crippen LogP contribution in [0, 0.1) is 5.41 Å². The molecule has 0 saturated carbocycles. The fraction of sp³-hybridized carbons (Fsp3) is 0.467. The van der Waals surface area contributed by atoms with Crippen LogP contribution in [0.1, 0.15) is 44.6 Å². The van der Waals surface area contributed by atoms with E-state index in [9.17, 15) is 9.59 Å². The number of furan rings is 1. The van der Waals surface area contributed by atoms with Crippen molar-refractivity contribution in [3.05, 3.63) is 24.1 Å². The van der Waals surface area contributed by atoms with Gasteiger partial charge in [0.15, 0.2) is 5.58 Å². The first-order valence-corrected chi connectivity index (χ1v) is 6.79. The van der Waals surface area contributed by atoms with Crippen molar-refractivity contribution in [2.45, 2.75) is 40.4 Å². The molecule has 114 valence electrons. The fourth-order valence-electron chi connectivity index (χ4n) is 1.63. The van der Waals surface area contributed by atoms with E-state index in [2.05, 4.69) is 4.98 Å². The van der Waals surface area contributed by atoms with Crippen LogP contribution >= 0.6 is 0 Å². The molecule has 0 aromatic carbocycles. The van der Waals surface area contributed by atoms with Crippen LogP contribution in [0.5, 0.6) is 0 Å². The zero-order chi connectivity index (χ0) is 15.6. The Labute approximate surface area is 122 Å². The van der Waals surface area contributed by atoms with Gasteiger partial charge in [0.05, 0.1) is 17.2 Å². The number of carbonyl (C=O) groups excluding carboxylic acids is 2. The molecule has 2 rings (SSSR count). The topological polar surface area (TPSA) is 81.5 Å². The van der Waals surface area contributed by atoms with Crippen LogP contribution in [0.15, 0.2) is 22.8 Å². The van der Waals surface area contributed by atoms with Crippen molar-refractivity contribution in [3.63, 3.8) is 0 Å². The second-order valence-electron chi connectivity index (χ2n) is 5.78. The summed E-state index contributed by atoms with van der Waals surface area (Å²) in [5.74, 6) is -1.00. The molecule has 0 radical (unpaired) electrons. The maximum Gasteiger partial charge on any atom is 0.357 e. The second-order valence-corrected chi connectivity index (χ2v) is 5.78. The van der Waals surface area contributed by atoms with Crippen molar-refractivity contribution in [3.8, 4) is 0 Å². The Morgan fingerprint density at radius 1 is 1.33 bits per heavy atom. The lowest BCUT2D eigenvalue weighted by molar-refractivity contribution is -0.178. The van der Waals surface area contributed by atoms with Crippen molar-refractivity contribution < 1.29 is 23.5 Å². The van der Waals surface area contributed by atoms with Gasteiger partial charge in [-0.2, -0.15) is 0 Å². The smallest absolute Gasteiger partial charge is 0.357 e. The van der Waals surface area contributed by atoms with E-state index >= 15 is 0 Å². The van der Waals surface area contributed by atoms with Crippen molar-refractivity contribution in [1.82, 2.24) is 4.98 Å². The number of esters is 2. The Morgan fingerprint density at radius 2 is 2.05 bits per heavy atom. The van der Waals surface area contributed by atoms with E-state index in [0.29, 0.717) is 17.5 Å². The molecule has 0 fully saturated rings. The summed E-state index contributed by atoms with van der Waals surface area (Å²) in [6, 6.07) is 3.26. The molecular weight excluding hydrogens is 274 g/mol. The van der Waals surface area contributed by atoms with E-state index in [4.69, 9.17) is 13.9 Å². The summed E-state index contributed by atoms with van der Waals surface area (Å²) in [5, 5.41) is 0. The molecule has 21 heavy (non-hydrogen) atoms. The van der Waals surface area contributed by atoms with Crippen molar-refractivity contribution in [2.24, 2.45) is 5.41 Å². The highest BCUT2D eigenvalue weighted by atomic mass is 16.7. The first-order valence-electron chi connectivity index (χ1n) is 6.79. The maximum absolute atomic E-state index is 12.0. The summed E-state index contributed by atoms with van der Waals surface area (Å²) in [6.07, 6.45) is 1.000. The van der Waals surface area contributed by atoms with E-state index in [1.54, 1.807) is 39.8 Å². The van der Waals surface area contributed by atoms with Gasteiger partial charge in [-0.05, 0) is 20.8 Å². The van der Waals surface area contributed by atoms with Gasteiger partial charge < -0.3 is 18.9 Å². The molecule has 0 aliphatic rings. The number of hydrogen-bond acceptors (Lipinski definition) is 5. The number of ether oxygens (including phenoxy) is 2. The van der Waals surface area contributed by atoms with E-state index in [1.165, 1.54) is 6.26 Å². The summed E-state index contributed by atoms with van der Waals surface area (Å²) in [7, 11) is 0. The minimum absolute atomic E-state index is 0.259. The van der Waals surface area contributed by atoms with Crippen LogP contribution < -0.4 is 0 Å². The van der Waals surface area contributed by atoms with Gasteiger partial charge >= 0.3 is 11.9 Å². The molecule has 1 N–H and O–H groups in total. The van der Waals surface area contributed by atoms with Gasteiger partial charge in [-0.1, -0.05) is 6.92 Å². The summed E-state index contributed by atoms with van der Waals surface area (Å²) in [6.45, 7) is 6.99. The molecule has 2 aromatic heterocycles. The van der Waals surface area contributed by atoms with Gasteiger partial charge in [-0.25, -0.2) is 4.79 Å². The first kappa shape index (κ1) is 15.2. The van der Waals surface area contributed by atoms with Crippen LogP contribution in [-0.4, -0.2) is 23.2 Å². The number of rotatable bonds is 4. The number of fused-ring (bicyclic) bond motifs is 1. The number of nitrogens with one attached hydrogen (secondary N) is 1. The standard InChI is InChI=1S/C15H19NO5/c1-5-12(21-14(18)15(2,3)4)20-13(17)10-8-11-9(16-10)6-7-19-11/h6-8,12,16H,5H2,1-4H3. The Balaban J connectivity index is 2.02. The molecule has 0 aliphatic carbocycles. The molecule has 2 heterocycles. The number of aromatic nitrogens is 1. The quantitative estimate of drug-likeness (QED) is 0.691. The average molecular weight is 293 g/mol. The van der Waals surface area contributed by atoms with E-state index < -0.39 is 23.6 Å². The minimum atomic E-state index is -0.904. The summed E-state index contributed by atoms with van der Waals surface area (Å²) in [5.41, 5.74) is 0.893. The fourth-order valence-corrected chi connectivity index (χ4v) is 1.63. The van der Waals surface area contributed by atoms with Crippen molar-refractivity contribution in [1.29, 1.82) is 0 Å². The Hall–Kier alpha value is -2.24. The van der Waals surface area contributed by atoms with Gasteiger partial charge in [0, 0.05) is 18.6 Å². The summed E-state index contributed by atoms with van der Waals surface area (Å²) >= 11 is 0. The largest absolute Gasteiger partial charge is 0.463 e. The van der Waals surface area contributed by atoms with E-state index in [1.807, 2.05) is 0 Å². The molecule has 6 nitrogen and oxygen atoms in total. The zero-order valence-electron chi connectivity index (χ0n) is 12.6. The Kier molecular flexibility index (Phi) is 4.06. The summed E-state index contributed by atoms with van der Waals surface area (Å²) < 4.78 is 15.6. The molecule has 0 amide bonds. The van der Waals surface area contributed by atoms with Crippen molar-refractivity contribution >= 4 is 23.0 Å². The third kappa shape index (κ3) is 3.45. The van der Waals surface area contributed by atoms with E-state index in [-0.39, 0.29) is 5.69 Å². The number of aromatic amines is 1. The highest BCUT2D eigenvalue weighted by Gasteiger charge is 2.28. The SMILES string of the molecule is CCC(OC(=O)c1cc2occc2[nH]1)OC(=O)C(C)(C)C. The lowest BCUT2D eigenvalue weighted by atomic mass is 9.97.